The van der Waals surface area contributed by atoms with Crippen LogP contribution in [0.4, 0.5) is 8.78 Å². The number of aromatic nitrogens is 5. The van der Waals surface area contributed by atoms with E-state index in [2.05, 4.69) is 15.2 Å². The molecule has 2 aromatic carbocycles. The molecule has 0 atom stereocenters. The van der Waals surface area contributed by atoms with Crippen LogP contribution in [0.25, 0.3) is 22.0 Å². The Kier molecular flexibility index (Phi) is 4.61. The first-order valence-electron chi connectivity index (χ1n) is 8.69. The first kappa shape index (κ1) is 18.0. The van der Waals surface area contributed by atoms with Crippen LogP contribution < -0.4 is 0 Å². The van der Waals surface area contributed by atoms with E-state index in [4.69, 9.17) is 0 Å². The van der Waals surface area contributed by atoms with Gasteiger partial charge in [-0.2, -0.15) is 0 Å². The molecule has 0 amide bonds. The van der Waals surface area contributed by atoms with Crippen molar-refractivity contribution in [3.05, 3.63) is 83.6 Å². The minimum atomic E-state index is -0.675. The lowest BCUT2D eigenvalue weighted by atomic mass is 10.2. The molecule has 0 fully saturated rings. The topological polar surface area (TPSA) is 48.0 Å². The van der Waals surface area contributed by atoms with E-state index in [1.165, 1.54) is 23.9 Å². The number of rotatable bonds is 5. The molecule has 144 valence electrons. The molecule has 0 N–H and O–H groups in total. The number of thiazole rings is 1. The van der Waals surface area contributed by atoms with E-state index in [0.29, 0.717) is 16.7 Å². The lowest BCUT2D eigenvalue weighted by molar-refractivity contribution is 0.575. The largest absolute Gasteiger partial charge is 0.297 e. The van der Waals surface area contributed by atoms with Crippen molar-refractivity contribution in [2.75, 3.05) is 0 Å². The van der Waals surface area contributed by atoms with Crippen LogP contribution >= 0.6 is 23.1 Å². The summed E-state index contributed by atoms with van der Waals surface area (Å²) in [6.45, 7) is 0. The first-order valence-corrected chi connectivity index (χ1v) is 10.6. The molecule has 29 heavy (non-hydrogen) atoms. The lowest BCUT2D eigenvalue weighted by Crippen LogP contribution is -2.03. The van der Waals surface area contributed by atoms with Gasteiger partial charge in [-0.25, -0.2) is 13.8 Å². The molecular formula is C20H13F2N5S2. The number of imidazole rings is 1. The van der Waals surface area contributed by atoms with Gasteiger partial charge in [0.2, 0.25) is 0 Å². The van der Waals surface area contributed by atoms with E-state index in [1.54, 1.807) is 15.9 Å². The summed E-state index contributed by atoms with van der Waals surface area (Å²) in [5.74, 6) is -0.270. The van der Waals surface area contributed by atoms with E-state index in [1.807, 2.05) is 52.5 Å². The van der Waals surface area contributed by atoms with Crippen LogP contribution in [0.2, 0.25) is 0 Å². The molecule has 0 saturated carbocycles. The van der Waals surface area contributed by atoms with Crippen molar-refractivity contribution in [3.63, 3.8) is 0 Å². The molecule has 5 rings (SSSR count). The Morgan fingerprint density at radius 3 is 2.69 bits per heavy atom. The van der Waals surface area contributed by atoms with Crippen molar-refractivity contribution in [2.45, 2.75) is 10.9 Å². The second-order valence-electron chi connectivity index (χ2n) is 6.22. The van der Waals surface area contributed by atoms with E-state index in [9.17, 15) is 8.78 Å². The maximum absolute atomic E-state index is 14.6. The summed E-state index contributed by atoms with van der Waals surface area (Å²) in [4.78, 5) is 5.48. The molecule has 0 aliphatic rings. The van der Waals surface area contributed by atoms with E-state index >= 15 is 0 Å². The van der Waals surface area contributed by atoms with Crippen molar-refractivity contribution in [1.29, 1.82) is 0 Å². The Labute approximate surface area is 172 Å². The van der Waals surface area contributed by atoms with Gasteiger partial charge in [-0.3, -0.25) is 8.97 Å². The summed E-state index contributed by atoms with van der Waals surface area (Å²) in [5, 5.41) is 11.0. The highest BCUT2D eigenvalue weighted by Gasteiger charge is 2.19. The number of benzene rings is 2. The molecule has 0 unspecified atom stereocenters. The number of halogens is 2. The van der Waals surface area contributed by atoms with Crippen molar-refractivity contribution in [1.82, 2.24) is 24.1 Å². The molecule has 3 heterocycles. The molecule has 5 aromatic rings. The molecule has 0 radical (unpaired) electrons. The van der Waals surface area contributed by atoms with Gasteiger partial charge in [-0.15, -0.1) is 21.5 Å². The zero-order valence-corrected chi connectivity index (χ0v) is 16.5. The standard InChI is InChI=1S/C20H13F2N5S2/c21-14-6-7-17(16(22)10-14)27-18(13-4-2-1-3-5-13)24-25-20(27)29-12-15-11-26-8-9-28-19(26)23-15/h1-11H,12H2. The Balaban J connectivity index is 1.55. The van der Waals surface area contributed by atoms with E-state index in [-0.39, 0.29) is 5.69 Å². The SMILES string of the molecule is Fc1ccc(-n2c(SCc3cn4ccsc4n3)nnc2-c2ccccc2)c(F)c1. The molecule has 0 aliphatic carbocycles. The van der Waals surface area contributed by atoms with Crippen LogP contribution in [0.1, 0.15) is 5.69 Å². The van der Waals surface area contributed by atoms with Crippen LogP contribution in [-0.4, -0.2) is 24.1 Å². The van der Waals surface area contributed by atoms with Crippen LogP contribution in [-0.2, 0) is 5.75 Å². The maximum atomic E-state index is 14.6. The molecular weight excluding hydrogens is 412 g/mol. The van der Waals surface area contributed by atoms with E-state index < -0.39 is 11.6 Å². The van der Waals surface area contributed by atoms with Gasteiger partial charge in [0.05, 0.1) is 11.4 Å². The second kappa shape index (κ2) is 7.41. The highest BCUT2D eigenvalue weighted by molar-refractivity contribution is 7.98. The minimum Gasteiger partial charge on any atom is -0.297 e. The summed E-state index contributed by atoms with van der Waals surface area (Å²) >= 11 is 2.96. The van der Waals surface area contributed by atoms with Gasteiger partial charge in [0, 0.05) is 35.2 Å². The molecule has 0 saturated heterocycles. The Hall–Kier alpha value is -3.04. The van der Waals surface area contributed by atoms with Crippen molar-refractivity contribution in [2.24, 2.45) is 0 Å². The number of thioether (sulfide) groups is 1. The fraction of sp³-hybridized carbons (Fsp3) is 0.0500. The smallest absolute Gasteiger partial charge is 0.196 e. The maximum Gasteiger partial charge on any atom is 0.196 e. The third-order valence-corrected chi connectivity index (χ3v) is 6.04. The Morgan fingerprint density at radius 2 is 1.90 bits per heavy atom. The van der Waals surface area contributed by atoms with Crippen molar-refractivity contribution >= 4 is 28.1 Å². The van der Waals surface area contributed by atoms with Crippen LogP contribution in [0.3, 0.4) is 0 Å². The number of hydrogen-bond acceptors (Lipinski definition) is 5. The number of fused-ring (bicyclic) bond motifs is 1. The number of nitrogens with zero attached hydrogens (tertiary/aromatic N) is 5. The highest BCUT2D eigenvalue weighted by Crippen LogP contribution is 2.31. The molecule has 0 aliphatic heterocycles. The molecule has 0 bridgehead atoms. The molecule has 0 spiro atoms. The summed E-state index contributed by atoms with van der Waals surface area (Å²) in [6, 6.07) is 12.9. The van der Waals surface area contributed by atoms with E-state index in [0.717, 1.165) is 22.3 Å². The molecule has 9 heteroatoms. The highest BCUT2D eigenvalue weighted by atomic mass is 32.2. The van der Waals surface area contributed by atoms with Crippen molar-refractivity contribution < 1.29 is 8.78 Å². The molecule has 5 nitrogen and oxygen atoms in total. The third kappa shape index (κ3) is 3.43. The third-order valence-electron chi connectivity index (χ3n) is 4.31. The Morgan fingerprint density at radius 1 is 1.03 bits per heavy atom. The average Bonchev–Trinajstić information content (AvgIpc) is 3.42. The van der Waals surface area contributed by atoms with Crippen LogP contribution in [0, 0.1) is 11.6 Å². The summed E-state index contributed by atoms with van der Waals surface area (Å²) in [5.41, 5.74) is 1.87. The van der Waals surface area contributed by atoms with Gasteiger partial charge in [0.15, 0.2) is 15.9 Å². The lowest BCUT2D eigenvalue weighted by Gasteiger charge is -2.11. The minimum absolute atomic E-state index is 0.198. The normalized spacial score (nSPS) is 11.4. The second-order valence-corrected chi connectivity index (χ2v) is 8.03. The zero-order chi connectivity index (χ0) is 19.8. The van der Waals surface area contributed by atoms with Crippen LogP contribution in [0.5, 0.6) is 0 Å². The van der Waals surface area contributed by atoms with Gasteiger partial charge in [-0.1, -0.05) is 42.1 Å². The fourth-order valence-corrected chi connectivity index (χ4v) is 4.55. The summed E-state index contributed by atoms with van der Waals surface area (Å²) in [6.07, 6.45) is 3.90. The zero-order valence-electron chi connectivity index (χ0n) is 14.9. The summed E-state index contributed by atoms with van der Waals surface area (Å²) < 4.78 is 31.6. The predicted octanol–water partition coefficient (Wildman–Crippen LogP) is 5.21. The summed E-state index contributed by atoms with van der Waals surface area (Å²) in [7, 11) is 0. The van der Waals surface area contributed by atoms with Gasteiger partial charge in [0.1, 0.15) is 11.6 Å². The van der Waals surface area contributed by atoms with Gasteiger partial charge < -0.3 is 0 Å². The fourth-order valence-electron chi connectivity index (χ4n) is 3.00. The average molecular weight is 425 g/mol. The quantitative estimate of drug-likeness (QED) is 0.363. The monoisotopic (exact) mass is 425 g/mol. The predicted molar refractivity (Wildman–Crippen MR) is 109 cm³/mol. The number of hydrogen-bond donors (Lipinski definition) is 0. The van der Waals surface area contributed by atoms with Crippen molar-refractivity contribution in [3.8, 4) is 17.1 Å². The van der Waals surface area contributed by atoms with Crippen LogP contribution in [0.15, 0.2) is 71.5 Å². The van der Waals surface area contributed by atoms with Gasteiger partial charge >= 0.3 is 0 Å². The van der Waals surface area contributed by atoms with Gasteiger partial charge in [0.25, 0.3) is 0 Å². The van der Waals surface area contributed by atoms with Gasteiger partial charge in [-0.05, 0) is 12.1 Å². The first-order chi connectivity index (χ1) is 14.2. The Bertz CT molecular complexity index is 1260. The molecule has 3 aromatic heterocycles.